The van der Waals surface area contributed by atoms with Crippen molar-refractivity contribution in [3.63, 3.8) is 0 Å². The van der Waals surface area contributed by atoms with Crippen molar-refractivity contribution in [2.75, 3.05) is 47.3 Å². The molecule has 144 valence electrons. The van der Waals surface area contributed by atoms with Crippen molar-refractivity contribution in [2.24, 2.45) is 0 Å². The van der Waals surface area contributed by atoms with Crippen LogP contribution in [-0.2, 0) is 6.54 Å². The zero-order valence-corrected chi connectivity index (χ0v) is 16.6. The third kappa shape index (κ3) is 5.31. The number of amides is 2. The number of piperazine rings is 1. The average molecular weight is 367 g/mol. The summed E-state index contributed by atoms with van der Waals surface area (Å²) in [5.41, 5.74) is 3.52. The van der Waals surface area contributed by atoms with E-state index in [-0.39, 0.29) is 6.03 Å². The third-order valence-corrected chi connectivity index (χ3v) is 5.30. The van der Waals surface area contributed by atoms with Crippen molar-refractivity contribution in [3.8, 4) is 11.1 Å². The first-order chi connectivity index (χ1) is 13.0. The second-order valence-corrected chi connectivity index (χ2v) is 7.50. The number of nitrogens with one attached hydrogen (secondary N) is 1. The van der Waals surface area contributed by atoms with Gasteiger partial charge in [0.25, 0.3) is 0 Å². The predicted molar refractivity (Wildman–Crippen MR) is 111 cm³/mol. The maximum atomic E-state index is 12.4. The van der Waals surface area contributed by atoms with Gasteiger partial charge in [-0.1, -0.05) is 54.6 Å². The lowest BCUT2D eigenvalue weighted by Crippen LogP contribution is -2.55. The van der Waals surface area contributed by atoms with E-state index in [4.69, 9.17) is 0 Å². The minimum absolute atomic E-state index is 0.0243. The largest absolute Gasteiger partial charge is 0.336 e. The molecule has 1 N–H and O–H groups in total. The third-order valence-electron chi connectivity index (χ3n) is 5.30. The van der Waals surface area contributed by atoms with Crippen LogP contribution in [0.2, 0.25) is 0 Å². The first kappa shape index (κ1) is 19.4. The van der Waals surface area contributed by atoms with Crippen molar-refractivity contribution in [1.82, 2.24) is 20.0 Å². The molecule has 2 amide bonds. The molecule has 1 saturated heterocycles. The number of carbonyl (C=O) groups excluding carboxylic acids is 1. The molecule has 1 fully saturated rings. The summed E-state index contributed by atoms with van der Waals surface area (Å²) < 4.78 is 0. The van der Waals surface area contributed by atoms with Crippen LogP contribution in [0.25, 0.3) is 11.1 Å². The summed E-state index contributed by atoms with van der Waals surface area (Å²) in [6, 6.07) is 19.1. The van der Waals surface area contributed by atoms with Gasteiger partial charge < -0.3 is 15.1 Å². The molecule has 0 spiro atoms. The van der Waals surface area contributed by atoms with E-state index in [2.05, 4.69) is 65.6 Å². The van der Waals surface area contributed by atoms with E-state index in [1.165, 1.54) is 11.1 Å². The Bertz CT molecular complexity index is 732. The van der Waals surface area contributed by atoms with Crippen LogP contribution in [0.4, 0.5) is 4.79 Å². The van der Waals surface area contributed by atoms with Gasteiger partial charge in [0.05, 0.1) is 0 Å². The molecule has 2 aromatic carbocycles. The number of rotatable bonds is 5. The van der Waals surface area contributed by atoms with Gasteiger partial charge in [0.2, 0.25) is 0 Å². The van der Waals surface area contributed by atoms with Crippen LogP contribution in [-0.4, -0.2) is 74.1 Å². The van der Waals surface area contributed by atoms with E-state index in [1.54, 1.807) is 4.90 Å². The smallest absolute Gasteiger partial charge is 0.317 e. The van der Waals surface area contributed by atoms with Crippen molar-refractivity contribution in [1.29, 1.82) is 0 Å². The molecule has 0 aromatic heterocycles. The zero-order valence-electron chi connectivity index (χ0n) is 16.6. The van der Waals surface area contributed by atoms with Crippen LogP contribution in [0.1, 0.15) is 5.56 Å². The predicted octanol–water partition coefficient (Wildman–Crippen LogP) is 2.74. The number of hydrogen-bond donors (Lipinski definition) is 1. The van der Waals surface area contributed by atoms with Gasteiger partial charge >= 0.3 is 6.03 Å². The molecule has 27 heavy (non-hydrogen) atoms. The molecule has 0 aliphatic carbocycles. The highest BCUT2D eigenvalue weighted by atomic mass is 16.2. The SMILES string of the molecule is CN1CCN(C)C(CNC(=O)N(C)Cc2ccc(-c3ccccc3)cc2)C1. The minimum atomic E-state index is -0.0243. The van der Waals surface area contributed by atoms with Gasteiger partial charge in [0.1, 0.15) is 0 Å². The van der Waals surface area contributed by atoms with Crippen molar-refractivity contribution in [3.05, 3.63) is 60.2 Å². The number of carbonyl (C=O) groups is 1. The van der Waals surface area contributed by atoms with Crippen LogP contribution in [0.3, 0.4) is 0 Å². The van der Waals surface area contributed by atoms with E-state index in [1.807, 2.05) is 25.2 Å². The highest BCUT2D eigenvalue weighted by Gasteiger charge is 2.22. The standard InChI is InChI=1S/C22H30N4O/c1-24-13-14-25(2)21(17-24)15-23-22(27)26(3)16-18-9-11-20(12-10-18)19-7-5-4-6-8-19/h4-12,21H,13-17H2,1-3H3,(H,23,27). The maximum absolute atomic E-state index is 12.4. The van der Waals surface area contributed by atoms with Gasteiger partial charge in [0, 0.05) is 45.8 Å². The van der Waals surface area contributed by atoms with E-state index in [0.717, 1.165) is 25.2 Å². The molecule has 0 bridgehead atoms. The normalized spacial score (nSPS) is 18.3. The van der Waals surface area contributed by atoms with Gasteiger partial charge in [-0.05, 0) is 30.8 Å². The summed E-state index contributed by atoms with van der Waals surface area (Å²) in [5, 5.41) is 3.08. The first-order valence-electron chi connectivity index (χ1n) is 9.55. The molecular weight excluding hydrogens is 336 g/mol. The topological polar surface area (TPSA) is 38.8 Å². The Kier molecular flexibility index (Phi) is 6.48. The fourth-order valence-corrected chi connectivity index (χ4v) is 3.44. The summed E-state index contributed by atoms with van der Waals surface area (Å²) in [5.74, 6) is 0. The summed E-state index contributed by atoms with van der Waals surface area (Å²) in [4.78, 5) is 18.8. The maximum Gasteiger partial charge on any atom is 0.317 e. The molecule has 2 aromatic rings. The van der Waals surface area contributed by atoms with Crippen molar-refractivity contribution in [2.45, 2.75) is 12.6 Å². The van der Waals surface area contributed by atoms with Crippen LogP contribution in [0.5, 0.6) is 0 Å². The van der Waals surface area contributed by atoms with Gasteiger partial charge in [0.15, 0.2) is 0 Å². The van der Waals surface area contributed by atoms with Crippen LogP contribution >= 0.6 is 0 Å². The molecule has 0 radical (unpaired) electrons. The van der Waals surface area contributed by atoms with Crippen molar-refractivity contribution < 1.29 is 4.79 Å². The lowest BCUT2D eigenvalue weighted by molar-refractivity contribution is 0.113. The van der Waals surface area contributed by atoms with E-state index in [9.17, 15) is 4.79 Å². The second kappa shape index (κ2) is 9.02. The zero-order chi connectivity index (χ0) is 19.2. The lowest BCUT2D eigenvalue weighted by atomic mass is 10.0. The lowest BCUT2D eigenvalue weighted by Gasteiger charge is -2.37. The Morgan fingerprint density at radius 2 is 1.70 bits per heavy atom. The Labute approximate surface area is 162 Å². The molecule has 3 rings (SSSR count). The summed E-state index contributed by atoms with van der Waals surface area (Å²) in [6.07, 6.45) is 0. The van der Waals surface area contributed by atoms with Crippen molar-refractivity contribution >= 4 is 6.03 Å². The number of likely N-dealkylation sites (N-methyl/N-ethyl adjacent to an activating group) is 2. The minimum Gasteiger partial charge on any atom is -0.336 e. The fraction of sp³-hybridized carbons (Fsp3) is 0.409. The van der Waals surface area contributed by atoms with Gasteiger partial charge in [-0.3, -0.25) is 4.90 Å². The summed E-state index contributed by atoms with van der Waals surface area (Å²) in [6.45, 7) is 4.39. The van der Waals surface area contributed by atoms with Crippen LogP contribution in [0.15, 0.2) is 54.6 Å². The van der Waals surface area contributed by atoms with Gasteiger partial charge in [-0.15, -0.1) is 0 Å². The molecule has 1 unspecified atom stereocenters. The molecule has 1 atom stereocenters. The number of hydrogen-bond acceptors (Lipinski definition) is 3. The first-order valence-corrected chi connectivity index (χ1v) is 9.55. The Hall–Kier alpha value is -2.37. The van der Waals surface area contributed by atoms with E-state index >= 15 is 0 Å². The number of benzene rings is 2. The van der Waals surface area contributed by atoms with E-state index < -0.39 is 0 Å². The van der Waals surface area contributed by atoms with Gasteiger partial charge in [-0.2, -0.15) is 0 Å². The Balaban J connectivity index is 1.50. The fourth-order valence-electron chi connectivity index (χ4n) is 3.44. The van der Waals surface area contributed by atoms with Crippen LogP contribution < -0.4 is 5.32 Å². The Morgan fingerprint density at radius 3 is 2.41 bits per heavy atom. The average Bonchev–Trinajstić information content (AvgIpc) is 2.69. The second-order valence-electron chi connectivity index (χ2n) is 7.50. The molecule has 1 aliphatic heterocycles. The molecule has 1 heterocycles. The highest BCUT2D eigenvalue weighted by Crippen LogP contribution is 2.19. The van der Waals surface area contributed by atoms with Crippen LogP contribution in [0, 0.1) is 0 Å². The van der Waals surface area contributed by atoms with Gasteiger partial charge in [-0.25, -0.2) is 4.79 Å². The molecule has 5 heteroatoms. The quantitative estimate of drug-likeness (QED) is 0.884. The molecule has 0 saturated carbocycles. The Morgan fingerprint density at radius 1 is 1.04 bits per heavy atom. The monoisotopic (exact) mass is 366 g/mol. The highest BCUT2D eigenvalue weighted by molar-refractivity contribution is 5.74. The molecular formula is C22H30N4O. The van der Waals surface area contributed by atoms with E-state index in [0.29, 0.717) is 19.1 Å². The number of nitrogens with zero attached hydrogens (tertiary/aromatic N) is 3. The summed E-state index contributed by atoms with van der Waals surface area (Å²) in [7, 11) is 6.10. The number of urea groups is 1. The summed E-state index contributed by atoms with van der Waals surface area (Å²) >= 11 is 0. The molecule has 5 nitrogen and oxygen atoms in total. The molecule has 1 aliphatic rings.